The summed E-state index contributed by atoms with van der Waals surface area (Å²) in [5.41, 5.74) is 0.689. The highest BCUT2D eigenvalue weighted by molar-refractivity contribution is 5.41. The summed E-state index contributed by atoms with van der Waals surface area (Å²) in [7, 11) is 6.18. The third-order valence-electron chi connectivity index (χ3n) is 5.80. The fourth-order valence-electron chi connectivity index (χ4n) is 4.02. The SMILES string of the molecule is COc1cc(OC)nc(Oc2cccnc2CN(c2nc(OC)cc(OC)n2)C2CCCCC2)n1. The summed E-state index contributed by atoms with van der Waals surface area (Å²) >= 11 is 0. The first-order chi connectivity index (χ1) is 17.1. The second-order valence-corrected chi connectivity index (χ2v) is 7.96. The maximum atomic E-state index is 6.05. The molecule has 4 rings (SSSR count). The van der Waals surface area contributed by atoms with E-state index in [1.807, 2.05) is 6.07 Å². The van der Waals surface area contributed by atoms with E-state index in [0.717, 1.165) is 25.7 Å². The van der Waals surface area contributed by atoms with Crippen LogP contribution in [0.1, 0.15) is 37.8 Å². The van der Waals surface area contributed by atoms with E-state index in [0.29, 0.717) is 47.5 Å². The van der Waals surface area contributed by atoms with Crippen molar-refractivity contribution < 1.29 is 23.7 Å². The highest BCUT2D eigenvalue weighted by Gasteiger charge is 2.26. The third kappa shape index (κ3) is 5.97. The second-order valence-electron chi connectivity index (χ2n) is 7.96. The summed E-state index contributed by atoms with van der Waals surface area (Å²) in [5, 5.41) is 0. The van der Waals surface area contributed by atoms with E-state index < -0.39 is 0 Å². The monoisotopic (exact) mass is 482 g/mol. The topological polar surface area (TPSA) is 114 Å². The van der Waals surface area contributed by atoms with Gasteiger partial charge in [-0.1, -0.05) is 19.3 Å². The highest BCUT2D eigenvalue weighted by Crippen LogP contribution is 2.32. The molecule has 0 aliphatic heterocycles. The molecule has 1 saturated carbocycles. The minimum Gasteiger partial charge on any atom is -0.481 e. The van der Waals surface area contributed by atoms with Crippen LogP contribution in [0.4, 0.5) is 5.95 Å². The van der Waals surface area contributed by atoms with E-state index in [-0.39, 0.29) is 12.1 Å². The van der Waals surface area contributed by atoms with Crippen LogP contribution in [0, 0.1) is 0 Å². The van der Waals surface area contributed by atoms with Crippen molar-refractivity contribution in [3.63, 3.8) is 0 Å². The molecular weight excluding hydrogens is 452 g/mol. The molecular formula is C24H30N6O5. The largest absolute Gasteiger partial charge is 0.481 e. The molecule has 0 aromatic carbocycles. The van der Waals surface area contributed by atoms with E-state index in [4.69, 9.17) is 23.7 Å². The van der Waals surface area contributed by atoms with Gasteiger partial charge >= 0.3 is 6.01 Å². The van der Waals surface area contributed by atoms with Gasteiger partial charge in [-0.3, -0.25) is 4.98 Å². The van der Waals surface area contributed by atoms with Crippen LogP contribution < -0.4 is 28.6 Å². The van der Waals surface area contributed by atoms with Crippen LogP contribution in [0.2, 0.25) is 0 Å². The molecule has 186 valence electrons. The van der Waals surface area contributed by atoms with Gasteiger partial charge in [-0.15, -0.1) is 0 Å². The Balaban J connectivity index is 1.68. The molecule has 0 amide bonds. The molecule has 35 heavy (non-hydrogen) atoms. The lowest BCUT2D eigenvalue weighted by atomic mass is 9.94. The van der Waals surface area contributed by atoms with Gasteiger partial charge in [-0.05, 0) is 25.0 Å². The van der Waals surface area contributed by atoms with Crippen molar-refractivity contribution in [2.24, 2.45) is 0 Å². The van der Waals surface area contributed by atoms with Gasteiger partial charge in [0.25, 0.3) is 0 Å². The van der Waals surface area contributed by atoms with Crippen molar-refractivity contribution in [2.45, 2.75) is 44.7 Å². The molecule has 0 N–H and O–H groups in total. The predicted molar refractivity (Wildman–Crippen MR) is 128 cm³/mol. The molecule has 0 spiro atoms. The van der Waals surface area contributed by atoms with Crippen molar-refractivity contribution in [2.75, 3.05) is 33.3 Å². The van der Waals surface area contributed by atoms with Crippen LogP contribution in [-0.2, 0) is 6.54 Å². The minimum absolute atomic E-state index is 0.0963. The number of ether oxygens (including phenoxy) is 5. The Morgan fingerprint density at radius 3 is 1.94 bits per heavy atom. The van der Waals surface area contributed by atoms with E-state index in [1.54, 1.807) is 38.6 Å². The first-order valence-electron chi connectivity index (χ1n) is 11.5. The predicted octanol–water partition coefficient (Wildman–Crippen LogP) is 3.83. The molecule has 1 aliphatic carbocycles. The maximum absolute atomic E-state index is 6.05. The number of methoxy groups -OCH3 is 4. The molecule has 1 aliphatic rings. The summed E-state index contributed by atoms with van der Waals surface area (Å²) in [4.78, 5) is 24.5. The molecule has 3 aromatic heterocycles. The van der Waals surface area contributed by atoms with E-state index in [2.05, 4.69) is 29.8 Å². The van der Waals surface area contributed by atoms with Gasteiger partial charge in [-0.2, -0.15) is 19.9 Å². The Kier molecular flexibility index (Phi) is 7.96. The number of anilines is 1. The molecule has 0 atom stereocenters. The molecule has 0 unspecified atom stereocenters. The molecule has 1 fully saturated rings. The van der Waals surface area contributed by atoms with Gasteiger partial charge in [0, 0.05) is 12.2 Å². The Labute approximate surface area is 204 Å². The first kappa shape index (κ1) is 24.2. The number of pyridine rings is 1. The van der Waals surface area contributed by atoms with Crippen molar-refractivity contribution in [1.82, 2.24) is 24.9 Å². The lowest BCUT2D eigenvalue weighted by molar-refractivity contribution is 0.345. The number of rotatable bonds is 10. The maximum Gasteiger partial charge on any atom is 0.328 e. The van der Waals surface area contributed by atoms with Crippen molar-refractivity contribution in [3.8, 4) is 35.3 Å². The zero-order valence-corrected chi connectivity index (χ0v) is 20.4. The second kappa shape index (κ2) is 11.5. The average molecular weight is 483 g/mol. The third-order valence-corrected chi connectivity index (χ3v) is 5.80. The van der Waals surface area contributed by atoms with Gasteiger partial charge in [0.05, 0.1) is 47.1 Å². The van der Waals surface area contributed by atoms with Crippen LogP contribution in [0.25, 0.3) is 0 Å². The summed E-state index contributed by atoms with van der Waals surface area (Å²) in [6.07, 6.45) is 7.29. The highest BCUT2D eigenvalue weighted by atomic mass is 16.5. The van der Waals surface area contributed by atoms with Crippen molar-refractivity contribution in [1.29, 1.82) is 0 Å². The average Bonchev–Trinajstić information content (AvgIpc) is 2.92. The van der Waals surface area contributed by atoms with Crippen LogP contribution >= 0.6 is 0 Å². The Morgan fingerprint density at radius 2 is 1.37 bits per heavy atom. The molecule has 0 bridgehead atoms. The minimum atomic E-state index is 0.0963. The molecule has 11 heteroatoms. The van der Waals surface area contributed by atoms with Gasteiger partial charge < -0.3 is 28.6 Å². The van der Waals surface area contributed by atoms with Crippen LogP contribution in [0.3, 0.4) is 0 Å². The van der Waals surface area contributed by atoms with Gasteiger partial charge in [0.1, 0.15) is 5.69 Å². The number of hydrogen-bond donors (Lipinski definition) is 0. The number of aromatic nitrogens is 5. The standard InChI is InChI=1S/C24H30N6O5/c1-31-19-13-20(32-2)27-23(26-19)30(16-9-6-5-7-10-16)15-17-18(11-8-12-25-17)35-24-28-21(33-3)14-22(29-24)34-4/h8,11-14,16H,5-7,9-10,15H2,1-4H3. The van der Waals surface area contributed by atoms with Crippen molar-refractivity contribution in [3.05, 3.63) is 36.2 Å². The summed E-state index contributed by atoms with van der Waals surface area (Å²) in [6, 6.07) is 7.19. The van der Waals surface area contributed by atoms with Crippen LogP contribution in [-0.4, -0.2) is 59.4 Å². The molecule has 0 radical (unpaired) electrons. The van der Waals surface area contributed by atoms with E-state index in [9.17, 15) is 0 Å². The van der Waals surface area contributed by atoms with E-state index in [1.165, 1.54) is 20.6 Å². The summed E-state index contributed by atoms with van der Waals surface area (Å²) < 4.78 is 27.3. The Bertz CT molecular complexity index is 1080. The van der Waals surface area contributed by atoms with Crippen LogP contribution in [0.5, 0.6) is 35.3 Å². The zero-order chi connectivity index (χ0) is 24.6. The van der Waals surface area contributed by atoms with E-state index >= 15 is 0 Å². The lowest BCUT2D eigenvalue weighted by Crippen LogP contribution is -2.38. The fraction of sp³-hybridized carbons (Fsp3) is 0.458. The van der Waals surface area contributed by atoms with Crippen LogP contribution in [0.15, 0.2) is 30.5 Å². The van der Waals surface area contributed by atoms with Gasteiger partial charge in [0.15, 0.2) is 5.75 Å². The summed E-state index contributed by atoms with van der Waals surface area (Å²) in [6.45, 7) is 0.415. The normalized spacial score (nSPS) is 13.7. The van der Waals surface area contributed by atoms with Crippen molar-refractivity contribution >= 4 is 5.95 Å². The molecule has 3 aromatic rings. The lowest BCUT2D eigenvalue weighted by Gasteiger charge is -2.34. The van der Waals surface area contributed by atoms with Gasteiger partial charge in [0.2, 0.25) is 29.5 Å². The smallest absolute Gasteiger partial charge is 0.328 e. The number of hydrogen-bond acceptors (Lipinski definition) is 11. The molecule has 0 saturated heterocycles. The Morgan fingerprint density at radius 1 is 0.800 bits per heavy atom. The van der Waals surface area contributed by atoms with Gasteiger partial charge in [-0.25, -0.2) is 0 Å². The first-order valence-corrected chi connectivity index (χ1v) is 11.5. The summed E-state index contributed by atoms with van der Waals surface area (Å²) in [5.74, 6) is 2.56. The molecule has 3 heterocycles. The fourth-order valence-corrected chi connectivity index (χ4v) is 4.02. The quantitative estimate of drug-likeness (QED) is 0.420. The number of nitrogens with zero attached hydrogens (tertiary/aromatic N) is 6. The Hall–Kier alpha value is -3.89. The molecule has 11 nitrogen and oxygen atoms in total. The zero-order valence-electron chi connectivity index (χ0n) is 20.4.